The van der Waals surface area contributed by atoms with Gasteiger partial charge in [-0.2, -0.15) is 0 Å². The molecule has 1 aromatic carbocycles. The molecule has 2 rings (SSSR count). The van der Waals surface area contributed by atoms with Crippen molar-refractivity contribution in [1.29, 1.82) is 0 Å². The van der Waals surface area contributed by atoms with Gasteiger partial charge in [-0.05, 0) is 37.5 Å². The maximum absolute atomic E-state index is 11.4. The molecule has 0 N–H and O–H groups in total. The van der Waals surface area contributed by atoms with Gasteiger partial charge in [-0.15, -0.1) is 0 Å². The Kier molecular flexibility index (Phi) is 4.80. The van der Waals surface area contributed by atoms with Crippen molar-refractivity contribution in [2.24, 2.45) is 5.92 Å². The number of esters is 1. The third-order valence-electron chi connectivity index (χ3n) is 3.36. The molecule has 19 heavy (non-hydrogen) atoms. The van der Waals surface area contributed by atoms with E-state index >= 15 is 0 Å². The topological polar surface area (TPSA) is 44.8 Å². The third-order valence-corrected chi connectivity index (χ3v) is 3.36. The Morgan fingerprint density at radius 1 is 1.26 bits per heavy atom. The zero-order chi connectivity index (χ0) is 13.7. The molecular formula is C15H20O4. The lowest BCUT2D eigenvalue weighted by Crippen LogP contribution is -2.37. The van der Waals surface area contributed by atoms with E-state index < -0.39 is 0 Å². The first kappa shape index (κ1) is 13.9. The Morgan fingerprint density at radius 2 is 1.95 bits per heavy atom. The second-order valence-electron chi connectivity index (χ2n) is 4.70. The van der Waals surface area contributed by atoms with E-state index in [4.69, 9.17) is 14.2 Å². The Bertz CT molecular complexity index is 407. The molecular weight excluding hydrogens is 244 g/mol. The van der Waals surface area contributed by atoms with Crippen molar-refractivity contribution >= 4 is 5.97 Å². The highest BCUT2D eigenvalue weighted by atomic mass is 16.5. The van der Waals surface area contributed by atoms with Crippen LogP contribution < -0.4 is 4.74 Å². The lowest BCUT2D eigenvalue weighted by molar-refractivity contribution is -0.157. The minimum atomic E-state index is -0.0909. The van der Waals surface area contributed by atoms with Gasteiger partial charge in [-0.3, -0.25) is 4.79 Å². The van der Waals surface area contributed by atoms with E-state index in [1.54, 1.807) is 7.11 Å². The van der Waals surface area contributed by atoms with Crippen LogP contribution in [0.4, 0.5) is 0 Å². The minimum absolute atomic E-state index is 0.0285. The molecule has 4 heteroatoms. The summed E-state index contributed by atoms with van der Waals surface area (Å²) in [4.78, 5) is 11.4. The highest BCUT2D eigenvalue weighted by Crippen LogP contribution is 2.31. The normalized spacial score (nSPS) is 21.6. The second kappa shape index (κ2) is 6.57. The molecule has 0 heterocycles. The Labute approximate surface area is 113 Å². The highest BCUT2D eigenvalue weighted by Gasteiger charge is 2.36. The average molecular weight is 264 g/mol. The van der Waals surface area contributed by atoms with Crippen LogP contribution in [0, 0.1) is 5.92 Å². The number of hydrogen-bond acceptors (Lipinski definition) is 4. The van der Waals surface area contributed by atoms with Gasteiger partial charge in [-0.25, -0.2) is 0 Å². The molecule has 104 valence electrons. The van der Waals surface area contributed by atoms with Crippen LogP contribution in [0.15, 0.2) is 24.3 Å². The fraction of sp³-hybridized carbons (Fsp3) is 0.533. The van der Waals surface area contributed by atoms with Crippen LogP contribution in [0.5, 0.6) is 5.75 Å². The molecule has 0 aliphatic heterocycles. The molecule has 1 saturated carbocycles. The minimum Gasteiger partial charge on any atom is -0.497 e. The van der Waals surface area contributed by atoms with Gasteiger partial charge in [0.1, 0.15) is 5.75 Å². The molecule has 4 nitrogen and oxygen atoms in total. The summed E-state index contributed by atoms with van der Waals surface area (Å²) in [5.41, 5.74) is 1.11. The summed E-state index contributed by atoms with van der Waals surface area (Å²) in [6, 6.07) is 7.81. The first-order valence-corrected chi connectivity index (χ1v) is 6.64. The zero-order valence-electron chi connectivity index (χ0n) is 11.4. The highest BCUT2D eigenvalue weighted by molar-refractivity contribution is 5.73. The molecule has 0 saturated heterocycles. The van der Waals surface area contributed by atoms with Crippen LogP contribution in [0.25, 0.3) is 0 Å². The summed E-state index contributed by atoms with van der Waals surface area (Å²) in [6.07, 6.45) is 1.72. The molecule has 0 spiro atoms. The summed E-state index contributed by atoms with van der Waals surface area (Å²) in [5.74, 6) is 0.780. The molecule has 0 unspecified atom stereocenters. The van der Waals surface area contributed by atoms with Crippen LogP contribution in [0.3, 0.4) is 0 Å². The summed E-state index contributed by atoms with van der Waals surface area (Å²) < 4.78 is 15.8. The van der Waals surface area contributed by atoms with Gasteiger partial charge < -0.3 is 14.2 Å². The number of benzene rings is 1. The first-order valence-electron chi connectivity index (χ1n) is 6.64. The fourth-order valence-corrected chi connectivity index (χ4v) is 2.09. The Hall–Kier alpha value is -1.55. The second-order valence-corrected chi connectivity index (χ2v) is 4.70. The van der Waals surface area contributed by atoms with Gasteiger partial charge >= 0.3 is 5.97 Å². The van der Waals surface area contributed by atoms with Gasteiger partial charge in [0.05, 0.1) is 32.3 Å². The van der Waals surface area contributed by atoms with Crippen molar-refractivity contribution in [1.82, 2.24) is 0 Å². The van der Waals surface area contributed by atoms with Crippen molar-refractivity contribution in [2.75, 3.05) is 13.7 Å². The van der Waals surface area contributed by atoms with Crippen molar-refractivity contribution in [3.8, 4) is 5.75 Å². The number of rotatable bonds is 6. The monoisotopic (exact) mass is 264 g/mol. The maximum Gasteiger partial charge on any atom is 0.309 e. The molecule has 1 aliphatic carbocycles. The predicted molar refractivity (Wildman–Crippen MR) is 70.9 cm³/mol. The van der Waals surface area contributed by atoms with E-state index in [9.17, 15) is 4.79 Å². The molecule has 0 amide bonds. The van der Waals surface area contributed by atoms with Gasteiger partial charge in [0.2, 0.25) is 0 Å². The van der Waals surface area contributed by atoms with Gasteiger partial charge in [0.25, 0.3) is 0 Å². The van der Waals surface area contributed by atoms with Gasteiger partial charge in [0, 0.05) is 0 Å². The van der Waals surface area contributed by atoms with Crippen LogP contribution in [0.2, 0.25) is 0 Å². The number of methoxy groups -OCH3 is 1. The SMILES string of the molecule is CCOC(=O)C1CC(OCc2ccc(OC)cc2)C1. The number of carbonyl (C=O) groups is 1. The number of hydrogen-bond donors (Lipinski definition) is 0. The quantitative estimate of drug-likeness (QED) is 0.741. The van der Waals surface area contributed by atoms with Crippen LogP contribution in [-0.2, 0) is 20.9 Å². The van der Waals surface area contributed by atoms with Crippen LogP contribution in [0.1, 0.15) is 25.3 Å². The fourth-order valence-electron chi connectivity index (χ4n) is 2.09. The van der Waals surface area contributed by atoms with E-state index in [0.29, 0.717) is 13.2 Å². The van der Waals surface area contributed by atoms with E-state index in [0.717, 1.165) is 24.2 Å². The third kappa shape index (κ3) is 3.70. The molecule has 1 aromatic rings. The molecule has 0 radical (unpaired) electrons. The van der Waals surface area contributed by atoms with Crippen molar-refractivity contribution in [3.63, 3.8) is 0 Å². The number of carbonyl (C=O) groups excluding carboxylic acids is 1. The first-order chi connectivity index (χ1) is 9.22. The average Bonchev–Trinajstić information content (AvgIpc) is 2.38. The van der Waals surface area contributed by atoms with E-state index in [1.807, 2.05) is 31.2 Å². The summed E-state index contributed by atoms with van der Waals surface area (Å²) >= 11 is 0. The van der Waals surface area contributed by atoms with Crippen molar-refractivity contribution in [2.45, 2.75) is 32.5 Å². The molecule has 1 fully saturated rings. The number of ether oxygens (including phenoxy) is 3. The Morgan fingerprint density at radius 3 is 2.53 bits per heavy atom. The largest absolute Gasteiger partial charge is 0.497 e. The van der Waals surface area contributed by atoms with Gasteiger partial charge in [-0.1, -0.05) is 12.1 Å². The van der Waals surface area contributed by atoms with Gasteiger partial charge in [0.15, 0.2) is 0 Å². The molecule has 1 aliphatic rings. The van der Waals surface area contributed by atoms with Crippen molar-refractivity contribution in [3.05, 3.63) is 29.8 Å². The lowest BCUT2D eigenvalue weighted by atomic mass is 9.82. The summed E-state index contributed by atoms with van der Waals surface area (Å²) in [7, 11) is 1.65. The van der Waals surface area contributed by atoms with Crippen molar-refractivity contribution < 1.29 is 19.0 Å². The summed E-state index contributed by atoms with van der Waals surface area (Å²) in [5, 5.41) is 0. The zero-order valence-corrected chi connectivity index (χ0v) is 11.4. The van der Waals surface area contributed by atoms with E-state index in [2.05, 4.69) is 0 Å². The molecule has 0 atom stereocenters. The van der Waals surface area contributed by atoms with E-state index in [-0.39, 0.29) is 18.0 Å². The maximum atomic E-state index is 11.4. The molecule has 0 bridgehead atoms. The standard InChI is InChI=1S/C15H20O4/c1-3-18-15(16)12-8-14(9-12)19-10-11-4-6-13(17-2)7-5-11/h4-7,12,14H,3,8-10H2,1-2H3. The summed E-state index contributed by atoms with van der Waals surface area (Å²) in [6.45, 7) is 2.85. The Balaban J connectivity index is 1.69. The molecule has 0 aromatic heterocycles. The van der Waals surface area contributed by atoms with E-state index in [1.165, 1.54) is 0 Å². The van der Waals surface area contributed by atoms with Crippen LogP contribution in [-0.4, -0.2) is 25.8 Å². The predicted octanol–water partition coefficient (Wildman–Crippen LogP) is 2.55. The smallest absolute Gasteiger partial charge is 0.309 e. The van der Waals surface area contributed by atoms with Crippen LogP contribution >= 0.6 is 0 Å². The lowest BCUT2D eigenvalue weighted by Gasteiger charge is -2.33.